The number of sulfonamides is 1. The van der Waals surface area contributed by atoms with E-state index in [1.165, 1.54) is 4.31 Å². The van der Waals surface area contributed by atoms with Gasteiger partial charge in [0.1, 0.15) is 24.1 Å². The van der Waals surface area contributed by atoms with Crippen LogP contribution in [-0.4, -0.2) is 65.9 Å². The van der Waals surface area contributed by atoms with Gasteiger partial charge in [0.05, 0.1) is 36.1 Å². The first-order valence-electron chi connectivity index (χ1n) is 13.5. The van der Waals surface area contributed by atoms with Crippen LogP contribution in [0.15, 0.2) is 40.8 Å². The summed E-state index contributed by atoms with van der Waals surface area (Å²) < 4.78 is 45.4. The highest BCUT2D eigenvalue weighted by atomic mass is 32.2. The molecule has 0 aliphatic carbocycles. The van der Waals surface area contributed by atoms with Gasteiger partial charge < -0.3 is 24.5 Å². The smallest absolute Gasteiger partial charge is 0.309 e. The number of benzene rings is 2. The summed E-state index contributed by atoms with van der Waals surface area (Å²) in [7, 11) is -2.19. The van der Waals surface area contributed by atoms with Crippen LogP contribution in [0.3, 0.4) is 0 Å². The number of aryl methyl sites for hydroxylation is 1. The van der Waals surface area contributed by atoms with E-state index in [-0.39, 0.29) is 30.9 Å². The van der Waals surface area contributed by atoms with Crippen molar-refractivity contribution < 1.29 is 31.9 Å². The fourth-order valence-electron chi connectivity index (χ4n) is 5.39. The average molecular weight is 570 g/mol. The zero-order chi connectivity index (χ0) is 28.6. The summed E-state index contributed by atoms with van der Waals surface area (Å²) in [5, 5.41) is 6.46. The van der Waals surface area contributed by atoms with E-state index in [2.05, 4.69) is 10.6 Å². The van der Waals surface area contributed by atoms with E-state index in [0.717, 1.165) is 30.5 Å². The van der Waals surface area contributed by atoms with E-state index in [9.17, 15) is 18.0 Å². The number of hydrogen-bond acceptors (Lipinski definition) is 8. The summed E-state index contributed by atoms with van der Waals surface area (Å²) in [6.45, 7) is 5.22. The summed E-state index contributed by atoms with van der Waals surface area (Å²) in [5.74, 6) is -0.386. The van der Waals surface area contributed by atoms with Gasteiger partial charge in [0, 0.05) is 29.6 Å². The molecule has 11 heteroatoms. The molecule has 3 heterocycles. The highest BCUT2D eigenvalue weighted by molar-refractivity contribution is 7.92. The number of carbonyl (C=O) groups excluding carboxylic acids is 2. The molecule has 0 bridgehead atoms. The first-order valence-corrected chi connectivity index (χ1v) is 15.3. The quantitative estimate of drug-likeness (QED) is 0.432. The molecule has 0 saturated carbocycles. The summed E-state index contributed by atoms with van der Waals surface area (Å²) in [5.41, 5.74) is 3.53. The number of nitrogens with one attached hydrogen (secondary N) is 2. The minimum atomic E-state index is -3.74. The van der Waals surface area contributed by atoms with Gasteiger partial charge >= 0.3 is 5.97 Å². The number of furan rings is 1. The molecular weight excluding hydrogens is 534 g/mol. The zero-order valence-corrected chi connectivity index (χ0v) is 24.0. The van der Waals surface area contributed by atoms with Crippen LogP contribution in [0.25, 0.3) is 22.3 Å². The van der Waals surface area contributed by atoms with E-state index < -0.39 is 22.2 Å². The maximum atomic E-state index is 13.1. The van der Waals surface area contributed by atoms with Gasteiger partial charge in [-0.1, -0.05) is 29.8 Å². The second-order valence-corrected chi connectivity index (χ2v) is 12.4. The van der Waals surface area contributed by atoms with Crippen LogP contribution >= 0.6 is 0 Å². The van der Waals surface area contributed by atoms with Crippen molar-refractivity contribution in [3.63, 3.8) is 0 Å². The Morgan fingerprint density at radius 3 is 2.50 bits per heavy atom. The number of hydrogen-bond donors (Lipinski definition) is 2. The first-order chi connectivity index (χ1) is 19.1. The normalized spacial score (nSPS) is 20.1. The topological polar surface area (TPSA) is 127 Å². The third kappa shape index (κ3) is 5.59. The summed E-state index contributed by atoms with van der Waals surface area (Å²) in [6.07, 6.45) is 1.31. The van der Waals surface area contributed by atoms with Crippen LogP contribution in [0.4, 0.5) is 5.69 Å². The van der Waals surface area contributed by atoms with Gasteiger partial charge in [-0.2, -0.15) is 0 Å². The first kappa shape index (κ1) is 28.1. The van der Waals surface area contributed by atoms with Gasteiger partial charge in [0.25, 0.3) is 5.91 Å². The second-order valence-electron chi connectivity index (χ2n) is 10.5. The minimum Gasteiger partial charge on any atom is -0.463 e. The SMILES string of the molecule is CNC(=O)c1c(-c2ccc(C)cc2)oc2cc3c(cc12)[C@H](C)O[C@H](COC(=O)C1CCNCC1)CN3S(C)(=O)=O. The number of nitrogens with zero attached hydrogens (tertiary/aromatic N) is 1. The van der Waals surface area contributed by atoms with Crippen molar-refractivity contribution in [1.29, 1.82) is 0 Å². The largest absolute Gasteiger partial charge is 0.463 e. The molecule has 3 aromatic rings. The molecule has 2 aliphatic rings. The van der Waals surface area contributed by atoms with E-state index in [0.29, 0.717) is 46.4 Å². The number of piperidine rings is 1. The number of rotatable bonds is 6. The summed E-state index contributed by atoms with van der Waals surface area (Å²) >= 11 is 0. The lowest BCUT2D eigenvalue weighted by Gasteiger charge is -2.26. The number of carbonyl (C=O) groups is 2. The van der Waals surface area contributed by atoms with Gasteiger partial charge in [0.15, 0.2) is 0 Å². The minimum absolute atomic E-state index is 0.0327. The van der Waals surface area contributed by atoms with Crippen LogP contribution in [0.5, 0.6) is 0 Å². The van der Waals surface area contributed by atoms with Crippen molar-refractivity contribution in [3.8, 4) is 11.3 Å². The molecule has 2 aliphatic heterocycles. The molecule has 40 heavy (non-hydrogen) atoms. The van der Waals surface area contributed by atoms with Gasteiger partial charge in [-0.05, 0) is 45.8 Å². The van der Waals surface area contributed by atoms with Gasteiger partial charge in [-0.15, -0.1) is 0 Å². The third-order valence-corrected chi connectivity index (χ3v) is 8.71. The van der Waals surface area contributed by atoms with Crippen molar-refractivity contribution in [2.75, 3.05) is 43.8 Å². The second kappa shape index (κ2) is 11.2. The van der Waals surface area contributed by atoms with E-state index in [1.54, 1.807) is 19.2 Å². The average Bonchev–Trinajstić information content (AvgIpc) is 3.24. The van der Waals surface area contributed by atoms with Gasteiger partial charge in [-0.3, -0.25) is 13.9 Å². The lowest BCUT2D eigenvalue weighted by Crippen LogP contribution is -2.40. The molecule has 2 aromatic carbocycles. The molecule has 1 aromatic heterocycles. The molecule has 0 spiro atoms. The zero-order valence-electron chi connectivity index (χ0n) is 23.2. The molecule has 2 atom stereocenters. The lowest BCUT2D eigenvalue weighted by atomic mass is 9.99. The Morgan fingerprint density at radius 2 is 1.85 bits per heavy atom. The Balaban J connectivity index is 1.53. The number of amides is 1. The maximum absolute atomic E-state index is 13.1. The molecule has 5 rings (SSSR count). The molecule has 1 saturated heterocycles. The molecule has 1 fully saturated rings. The molecule has 214 valence electrons. The monoisotopic (exact) mass is 569 g/mol. The van der Waals surface area contributed by atoms with Crippen molar-refractivity contribution in [1.82, 2.24) is 10.6 Å². The van der Waals surface area contributed by atoms with Gasteiger partial charge in [-0.25, -0.2) is 8.42 Å². The fraction of sp³-hybridized carbons (Fsp3) is 0.448. The Morgan fingerprint density at radius 1 is 1.15 bits per heavy atom. The molecule has 2 N–H and O–H groups in total. The highest BCUT2D eigenvalue weighted by Gasteiger charge is 2.35. The summed E-state index contributed by atoms with van der Waals surface area (Å²) in [4.78, 5) is 25.7. The van der Waals surface area contributed by atoms with Crippen LogP contribution in [-0.2, 0) is 24.3 Å². The van der Waals surface area contributed by atoms with Gasteiger partial charge in [0.2, 0.25) is 10.0 Å². The number of fused-ring (bicyclic) bond motifs is 2. The molecule has 10 nitrogen and oxygen atoms in total. The Bertz CT molecular complexity index is 1530. The number of esters is 1. The highest BCUT2D eigenvalue weighted by Crippen LogP contribution is 2.42. The van der Waals surface area contributed by atoms with E-state index in [4.69, 9.17) is 13.9 Å². The Kier molecular flexibility index (Phi) is 7.89. The Labute approximate surface area is 234 Å². The van der Waals surface area contributed by atoms with Crippen LogP contribution < -0.4 is 14.9 Å². The number of anilines is 1. The predicted octanol–water partition coefficient (Wildman–Crippen LogP) is 3.54. The van der Waals surface area contributed by atoms with Crippen molar-refractivity contribution in [2.45, 2.75) is 38.9 Å². The molecule has 1 amide bonds. The van der Waals surface area contributed by atoms with E-state index in [1.807, 2.05) is 38.1 Å². The van der Waals surface area contributed by atoms with Crippen molar-refractivity contribution >= 4 is 38.6 Å². The van der Waals surface area contributed by atoms with E-state index >= 15 is 0 Å². The Hall–Kier alpha value is -3.41. The molecular formula is C29H35N3O7S. The van der Waals surface area contributed by atoms with Crippen molar-refractivity contribution in [2.24, 2.45) is 5.92 Å². The number of ether oxygens (including phenoxy) is 2. The molecule has 0 unspecified atom stereocenters. The van der Waals surface area contributed by atoms with Crippen LogP contribution in [0.2, 0.25) is 0 Å². The fourth-order valence-corrected chi connectivity index (χ4v) is 6.35. The van der Waals surface area contributed by atoms with Crippen LogP contribution in [0, 0.1) is 12.8 Å². The standard InChI is InChI=1S/C29H35N3O7S/c1-17-5-7-19(8-6-17)27-26(28(33)30-3)23-13-22-18(2)38-21(16-37-29(34)20-9-11-31-12-10-20)15-32(40(4,35)36)24(22)14-25(23)39-27/h5-8,13-14,18,20-21,31H,9-12,15-16H2,1-4H3,(H,30,33)/t18-,21-/m0/s1. The predicted molar refractivity (Wildman–Crippen MR) is 152 cm³/mol. The third-order valence-electron chi connectivity index (χ3n) is 7.56. The van der Waals surface area contributed by atoms with Crippen molar-refractivity contribution in [3.05, 3.63) is 53.1 Å². The van der Waals surface area contributed by atoms with Crippen LogP contribution in [0.1, 0.15) is 47.4 Å². The summed E-state index contributed by atoms with van der Waals surface area (Å²) in [6, 6.07) is 11.1. The lowest BCUT2D eigenvalue weighted by molar-refractivity contribution is -0.154. The molecule has 0 radical (unpaired) electrons. The maximum Gasteiger partial charge on any atom is 0.309 e.